The van der Waals surface area contributed by atoms with Crippen molar-refractivity contribution in [1.29, 1.82) is 0 Å². The number of hydrogen-bond donors (Lipinski definition) is 1. The number of carboxylic acids is 1. The van der Waals surface area contributed by atoms with Crippen molar-refractivity contribution < 1.29 is 19.5 Å². The van der Waals surface area contributed by atoms with Gasteiger partial charge in [-0.2, -0.15) is 0 Å². The van der Waals surface area contributed by atoms with E-state index < -0.39 is 24.0 Å². The second-order valence-electron chi connectivity index (χ2n) is 4.01. The van der Waals surface area contributed by atoms with Crippen LogP contribution in [-0.4, -0.2) is 22.6 Å². The van der Waals surface area contributed by atoms with E-state index in [-0.39, 0.29) is 0 Å². The molecule has 1 aromatic heterocycles. The van der Waals surface area contributed by atoms with E-state index in [4.69, 9.17) is 16.7 Å². The van der Waals surface area contributed by atoms with E-state index in [1.807, 2.05) is 6.07 Å². The first-order chi connectivity index (χ1) is 9.97. The molecule has 108 valence electrons. The first kappa shape index (κ1) is 15.8. The number of Topliss-reactive ketones (excluding diaryl/α,β-unsaturated/α-hetero) is 2. The van der Waals surface area contributed by atoms with Crippen LogP contribution in [-0.2, 0) is 9.59 Å². The molecule has 4 nitrogen and oxygen atoms in total. The number of carbonyl (C=O) groups excluding carboxylic acids is 2. The fraction of sp³-hybridized carbons (Fsp3) is 0.0714. The molecule has 0 fully saturated rings. The number of ketones is 2. The van der Waals surface area contributed by atoms with Gasteiger partial charge in [0, 0.05) is 15.5 Å². The molecule has 2 aromatic rings. The highest BCUT2D eigenvalue weighted by molar-refractivity contribution is 8.01. The van der Waals surface area contributed by atoms with Crippen LogP contribution in [0.15, 0.2) is 44.8 Å². The SMILES string of the molecule is O=C(O)C(=O)CC(=O)c1ccsc1Sc1cccc(Cl)c1. The van der Waals surface area contributed by atoms with E-state index in [1.54, 1.807) is 29.6 Å². The molecule has 0 aliphatic carbocycles. The van der Waals surface area contributed by atoms with Gasteiger partial charge in [-0.15, -0.1) is 11.3 Å². The van der Waals surface area contributed by atoms with Crippen molar-refractivity contribution in [2.45, 2.75) is 15.5 Å². The van der Waals surface area contributed by atoms with Crippen LogP contribution < -0.4 is 0 Å². The van der Waals surface area contributed by atoms with E-state index in [0.29, 0.717) is 14.8 Å². The largest absolute Gasteiger partial charge is 0.475 e. The maximum atomic E-state index is 12.0. The summed E-state index contributed by atoms with van der Waals surface area (Å²) in [6.07, 6.45) is -0.630. The number of hydrogen-bond acceptors (Lipinski definition) is 5. The monoisotopic (exact) mass is 340 g/mol. The lowest BCUT2D eigenvalue weighted by Crippen LogP contribution is -2.17. The van der Waals surface area contributed by atoms with Crippen LogP contribution in [0.1, 0.15) is 16.8 Å². The molecule has 0 saturated heterocycles. The van der Waals surface area contributed by atoms with Crippen LogP contribution in [0.2, 0.25) is 5.02 Å². The molecule has 0 aliphatic rings. The molecule has 1 aromatic carbocycles. The molecular weight excluding hydrogens is 332 g/mol. The summed E-state index contributed by atoms with van der Waals surface area (Å²) in [5, 5.41) is 10.9. The summed E-state index contributed by atoms with van der Waals surface area (Å²) in [5.74, 6) is -3.19. The number of carboxylic acid groups (broad SMARTS) is 1. The van der Waals surface area contributed by atoms with Crippen molar-refractivity contribution >= 4 is 52.2 Å². The normalized spacial score (nSPS) is 10.3. The zero-order chi connectivity index (χ0) is 15.4. The van der Waals surface area contributed by atoms with Crippen molar-refractivity contribution in [2.75, 3.05) is 0 Å². The molecule has 0 atom stereocenters. The quantitative estimate of drug-likeness (QED) is 0.492. The molecule has 1 heterocycles. The van der Waals surface area contributed by atoms with E-state index in [9.17, 15) is 14.4 Å². The Labute approximate surface area is 133 Å². The van der Waals surface area contributed by atoms with Gasteiger partial charge in [-0.05, 0) is 29.6 Å². The third-order valence-corrected chi connectivity index (χ3v) is 4.87. The smallest absolute Gasteiger partial charge is 0.372 e. The molecule has 0 amide bonds. The minimum atomic E-state index is -1.59. The Morgan fingerprint density at radius 3 is 2.67 bits per heavy atom. The van der Waals surface area contributed by atoms with E-state index in [0.717, 1.165) is 4.90 Å². The van der Waals surface area contributed by atoms with Crippen molar-refractivity contribution in [3.05, 3.63) is 46.3 Å². The number of aliphatic carboxylic acids is 1. The van der Waals surface area contributed by atoms with Gasteiger partial charge < -0.3 is 5.11 Å². The van der Waals surface area contributed by atoms with Gasteiger partial charge in [0.25, 0.3) is 0 Å². The zero-order valence-corrected chi connectivity index (χ0v) is 12.9. The van der Waals surface area contributed by atoms with Crippen molar-refractivity contribution in [1.82, 2.24) is 0 Å². The highest BCUT2D eigenvalue weighted by Gasteiger charge is 2.21. The second kappa shape index (κ2) is 6.89. The molecule has 1 N–H and O–H groups in total. The number of benzene rings is 1. The number of halogens is 1. The Bertz CT molecular complexity index is 709. The maximum absolute atomic E-state index is 12.0. The standard InChI is InChI=1S/C14H9ClO4S2/c15-8-2-1-3-9(6-8)21-14-10(4-5-20-14)11(16)7-12(17)13(18)19/h1-6H,7H2,(H,18,19). The Morgan fingerprint density at radius 1 is 1.24 bits per heavy atom. The molecule has 0 aliphatic heterocycles. The van der Waals surface area contributed by atoms with Gasteiger partial charge in [0.2, 0.25) is 5.78 Å². The van der Waals surface area contributed by atoms with Gasteiger partial charge in [0.15, 0.2) is 5.78 Å². The predicted molar refractivity (Wildman–Crippen MR) is 81.5 cm³/mol. The Balaban J connectivity index is 2.17. The maximum Gasteiger partial charge on any atom is 0.372 e. The van der Waals surface area contributed by atoms with Gasteiger partial charge in [0.05, 0.1) is 10.6 Å². The second-order valence-corrected chi connectivity index (χ2v) is 6.70. The Hall–Kier alpha value is -1.63. The third-order valence-electron chi connectivity index (χ3n) is 2.50. The fourth-order valence-electron chi connectivity index (χ4n) is 1.54. The first-order valence-corrected chi connectivity index (χ1v) is 7.85. The molecule has 21 heavy (non-hydrogen) atoms. The van der Waals surface area contributed by atoms with Gasteiger partial charge in [-0.25, -0.2) is 4.79 Å². The van der Waals surface area contributed by atoms with Crippen LogP contribution in [0.4, 0.5) is 0 Å². The van der Waals surface area contributed by atoms with Gasteiger partial charge in [0.1, 0.15) is 0 Å². The molecule has 0 saturated carbocycles. The van der Waals surface area contributed by atoms with Gasteiger partial charge >= 0.3 is 5.97 Å². The van der Waals surface area contributed by atoms with Crippen LogP contribution in [0, 0.1) is 0 Å². The minimum absolute atomic E-state index is 0.361. The number of carbonyl (C=O) groups is 3. The lowest BCUT2D eigenvalue weighted by molar-refractivity contribution is -0.148. The van der Waals surface area contributed by atoms with E-state index in [1.165, 1.54) is 23.1 Å². The minimum Gasteiger partial charge on any atom is -0.475 e. The third kappa shape index (κ3) is 4.17. The van der Waals surface area contributed by atoms with E-state index >= 15 is 0 Å². The van der Waals surface area contributed by atoms with Crippen molar-refractivity contribution in [3.63, 3.8) is 0 Å². The average Bonchev–Trinajstić information content (AvgIpc) is 2.86. The molecule has 0 bridgehead atoms. The predicted octanol–water partition coefficient (Wildman–Crippen LogP) is 3.78. The van der Waals surface area contributed by atoms with Gasteiger partial charge in [-0.1, -0.05) is 29.4 Å². The summed E-state index contributed by atoms with van der Waals surface area (Å²) in [4.78, 5) is 34.5. The van der Waals surface area contributed by atoms with Gasteiger partial charge in [-0.3, -0.25) is 9.59 Å². The van der Waals surface area contributed by atoms with Crippen molar-refractivity contribution in [2.24, 2.45) is 0 Å². The van der Waals surface area contributed by atoms with Crippen LogP contribution in [0.5, 0.6) is 0 Å². The summed E-state index contributed by atoms with van der Waals surface area (Å²) in [7, 11) is 0. The first-order valence-electron chi connectivity index (χ1n) is 5.77. The summed E-state index contributed by atoms with van der Waals surface area (Å²) in [6.45, 7) is 0. The highest BCUT2D eigenvalue weighted by Crippen LogP contribution is 2.36. The molecule has 0 unspecified atom stereocenters. The number of thiophene rings is 1. The highest BCUT2D eigenvalue weighted by atomic mass is 35.5. The van der Waals surface area contributed by atoms with Crippen LogP contribution in [0.3, 0.4) is 0 Å². The molecular formula is C14H9ClO4S2. The summed E-state index contributed by atoms with van der Waals surface area (Å²) in [5.41, 5.74) is 0.361. The molecule has 2 rings (SSSR count). The summed E-state index contributed by atoms with van der Waals surface area (Å²) in [6, 6.07) is 8.76. The lowest BCUT2D eigenvalue weighted by atomic mass is 10.1. The van der Waals surface area contributed by atoms with Crippen LogP contribution >= 0.6 is 34.7 Å². The Morgan fingerprint density at radius 2 is 2.00 bits per heavy atom. The van der Waals surface area contributed by atoms with Crippen molar-refractivity contribution in [3.8, 4) is 0 Å². The topological polar surface area (TPSA) is 71.4 Å². The lowest BCUT2D eigenvalue weighted by Gasteiger charge is -2.03. The number of rotatable bonds is 6. The molecule has 0 spiro atoms. The average molecular weight is 341 g/mol. The Kier molecular flexibility index (Phi) is 5.17. The summed E-state index contributed by atoms with van der Waals surface area (Å²) < 4.78 is 0.709. The van der Waals surface area contributed by atoms with E-state index in [2.05, 4.69) is 0 Å². The molecule has 0 radical (unpaired) electrons. The van der Waals surface area contributed by atoms with Crippen LogP contribution in [0.25, 0.3) is 0 Å². The fourth-order valence-corrected chi connectivity index (χ4v) is 3.91. The molecule has 7 heteroatoms. The zero-order valence-electron chi connectivity index (χ0n) is 10.5. The summed E-state index contributed by atoms with van der Waals surface area (Å²) >= 11 is 8.61.